The van der Waals surface area contributed by atoms with Crippen LogP contribution in [0.4, 0.5) is 32.0 Å². The standard InChI is InChI=1S/C28H19F6N3O2/c29-15-9-17(25(32)20(31)10-15)24-19(30)6-5-16-23(14-11-28(33,34)12-14)18(13-35-26(16)24)27(38)36-37-7-8-39-22-4-2-1-3-21(22)37/h1-6,9-10,13-14H,7-8,11-12H2,(H,36,38). The van der Waals surface area contributed by atoms with Crippen LogP contribution in [0.1, 0.15) is 34.7 Å². The first-order chi connectivity index (χ1) is 18.6. The molecule has 2 aliphatic rings. The van der Waals surface area contributed by atoms with E-state index in [2.05, 4.69) is 10.4 Å². The number of halogens is 6. The van der Waals surface area contributed by atoms with E-state index in [4.69, 9.17) is 4.74 Å². The molecule has 0 spiro atoms. The Labute approximate surface area is 218 Å². The molecular formula is C28H19F6N3O2. The molecule has 1 saturated carbocycles. The zero-order chi connectivity index (χ0) is 27.5. The molecule has 0 radical (unpaired) electrons. The predicted octanol–water partition coefficient (Wildman–Crippen LogP) is 6.51. The maximum absolute atomic E-state index is 15.0. The third-order valence-electron chi connectivity index (χ3n) is 7.00. The molecule has 1 aromatic heterocycles. The molecule has 0 unspecified atom stereocenters. The highest BCUT2D eigenvalue weighted by molar-refractivity contribution is 6.04. The minimum Gasteiger partial charge on any atom is -0.489 e. The van der Waals surface area contributed by atoms with Crippen molar-refractivity contribution in [3.63, 3.8) is 0 Å². The second-order valence-electron chi connectivity index (χ2n) is 9.52. The van der Waals surface area contributed by atoms with Crippen molar-refractivity contribution in [3.05, 3.63) is 89.1 Å². The molecule has 1 N–H and O–H groups in total. The smallest absolute Gasteiger partial charge is 0.271 e. The topological polar surface area (TPSA) is 54.5 Å². The molecule has 1 fully saturated rings. The van der Waals surface area contributed by atoms with Gasteiger partial charge in [0.2, 0.25) is 5.92 Å². The first-order valence-electron chi connectivity index (χ1n) is 12.1. The summed E-state index contributed by atoms with van der Waals surface area (Å²) >= 11 is 0. The van der Waals surface area contributed by atoms with Crippen LogP contribution in [0.5, 0.6) is 5.75 Å². The van der Waals surface area contributed by atoms with Gasteiger partial charge in [0.05, 0.1) is 23.3 Å². The molecule has 200 valence electrons. The summed E-state index contributed by atoms with van der Waals surface area (Å²) in [5, 5.41) is 1.66. The van der Waals surface area contributed by atoms with Crippen LogP contribution in [0.2, 0.25) is 0 Å². The number of amides is 1. The number of para-hydroxylation sites is 2. The van der Waals surface area contributed by atoms with Crippen LogP contribution in [0.15, 0.2) is 54.7 Å². The number of anilines is 1. The monoisotopic (exact) mass is 543 g/mol. The van der Waals surface area contributed by atoms with E-state index in [-0.39, 0.29) is 28.6 Å². The number of alkyl halides is 2. The molecule has 3 aromatic carbocycles. The number of benzene rings is 3. The fourth-order valence-electron chi connectivity index (χ4n) is 5.21. The Morgan fingerprint density at radius 2 is 1.79 bits per heavy atom. The summed E-state index contributed by atoms with van der Waals surface area (Å²) in [6.45, 7) is 0.591. The van der Waals surface area contributed by atoms with Crippen LogP contribution >= 0.6 is 0 Å². The summed E-state index contributed by atoms with van der Waals surface area (Å²) in [5.41, 5.74) is 2.03. The van der Waals surface area contributed by atoms with Crippen molar-refractivity contribution >= 4 is 22.5 Å². The molecular weight excluding hydrogens is 524 g/mol. The number of ether oxygens (including phenoxy) is 1. The fraction of sp³-hybridized carbons (Fsp3) is 0.214. The van der Waals surface area contributed by atoms with Crippen LogP contribution in [-0.4, -0.2) is 30.0 Å². The molecule has 39 heavy (non-hydrogen) atoms. The molecule has 6 rings (SSSR count). The van der Waals surface area contributed by atoms with Crippen molar-refractivity contribution in [2.24, 2.45) is 0 Å². The summed E-state index contributed by atoms with van der Waals surface area (Å²) in [6.07, 6.45) is -0.0444. The van der Waals surface area contributed by atoms with Crippen LogP contribution < -0.4 is 15.2 Å². The molecule has 0 saturated heterocycles. The van der Waals surface area contributed by atoms with Crippen molar-refractivity contribution < 1.29 is 35.9 Å². The van der Waals surface area contributed by atoms with Crippen molar-refractivity contribution in [3.8, 4) is 16.9 Å². The molecule has 11 heteroatoms. The average Bonchev–Trinajstić information content (AvgIpc) is 2.89. The number of nitrogens with zero attached hydrogens (tertiary/aromatic N) is 2. The number of rotatable bonds is 4. The SMILES string of the molecule is O=C(NN1CCOc2ccccc21)c1cnc2c(-c3cc(F)cc(F)c3F)c(F)ccc2c1C1CC(F)(F)C1. The van der Waals surface area contributed by atoms with Gasteiger partial charge in [-0.1, -0.05) is 12.1 Å². The summed E-state index contributed by atoms with van der Waals surface area (Å²) < 4.78 is 91.2. The Morgan fingerprint density at radius 3 is 2.56 bits per heavy atom. The summed E-state index contributed by atoms with van der Waals surface area (Å²) in [5.74, 6) is -9.04. The van der Waals surface area contributed by atoms with Crippen LogP contribution in [0, 0.1) is 23.3 Å². The van der Waals surface area contributed by atoms with Crippen molar-refractivity contribution in [2.75, 3.05) is 18.2 Å². The third-order valence-corrected chi connectivity index (χ3v) is 7.00. The Morgan fingerprint density at radius 1 is 1.03 bits per heavy atom. The number of fused-ring (bicyclic) bond motifs is 2. The van der Waals surface area contributed by atoms with Crippen LogP contribution in [-0.2, 0) is 0 Å². The van der Waals surface area contributed by atoms with Gasteiger partial charge in [0.15, 0.2) is 11.6 Å². The highest BCUT2D eigenvalue weighted by atomic mass is 19.3. The van der Waals surface area contributed by atoms with Gasteiger partial charge in [-0.15, -0.1) is 0 Å². The molecule has 1 aliphatic carbocycles. The Balaban J connectivity index is 1.49. The van der Waals surface area contributed by atoms with Gasteiger partial charge in [-0.25, -0.2) is 26.3 Å². The number of hydrazine groups is 1. The van der Waals surface area contributed by atoms with Crippen LogP contribution in [0.3, 0.4) is 0 Å². The minimum atomic E-state index is -2.96. The summed E-state index contributed by atoms with van der Waals surface area (Å²) in [7, 11) is 0. The van der Waals surface area contributed by atoms with Gasteiger partial charge in [-0.3, -0.25) is 20.2 Å². The minimum absolute atomic E-state index is 0.0320. The maximum Gasteiger partial charge on any atom is 0.271 e. The molecule has 0 bridgehead atoms. The number of pyridine rings is 1. The lowest BCUT2D eigenvalue weighted by atomic mass is 9.74. The van der Waals surface area contributed by atoms with Gasteiger partial charge in [0, 0.05) is 41.6 Å². The van der Waals surface area contributed by atoms with Crippen molar-refractivity contribution in [1.29, 1.82) is 0 Å². The number of aromatic nitrogens is 1. The molecule has 1 amide bonds. The second-order valence-corrected chi connectivity index (χ2v) is 9.52. The van der Waals surface area contributed by atoms with Gasteiger partial charge in [-0.05, 0) is 41.8 Å². The lowest BCUT2D eigenvalue weighted by Gasteiger charge is -2.37. The van der Waals surface area contributed by atoms with Gasteiger partial charge < -0.3 is 4.74 Å². The van der Waals surface area contributed by atoms with Gasteiger partial charge in [0.25, 0.3) is 5.91 Å². The number of nitrogens with one attached hydrogen (secondary N) is 1. The van der Waals surface area contributed by atoms with Gasteiger partial charge >= 0.3 is 0 Å². The molecule has 5 nitrogen and oxygen atoms in total. The zero-order valence-corrected chi connectivity index (χ0v) is 20.1. The first kappa shape index (κ1) is 25.0. The molecule has 2 heterocycles. The van der Waals surface area contributed by atoms with E-state index in [1.54, 1.807) is 29.3 Å². The van der Waals surface area contributed by atoms with Crippen molar-refractivity contribution in [2.45, 2.75) is 24.7 Å². The largest absolute Gasteiger partial charge is 0.489 e. The first-order valence-corrected chi connectivity index (χ1v) is 12.1. The molecule has 1 aliphatic heterocycles. The number of carbonyl (C=O) groups is 1. The quantitative estimate of drug-likeness (QED) is 0.236. The molecule has 0 atom stereocenters. The van der Waals surface area contributed by atoms with E-state index in [0.29, 0.717) is 30.1 Å². The fourth-order valence-corrected chi connectivity index (χ4v) is 5.21. The third kappa shape index (κ3) is 4.31. The summed E-state index contributed by atoms with van der Waals surface area (Å²) in [4.78, 5) is 17.7. The zero-order valence-electron chi connectivity index (χ0n) is 20.1. The normalized spacial score (nSPS) is 16.4. The highest BCUT2D eigenvalue weighted by Crippen LogP contribution is 2.51. The molecule has 4 aromatic rings. The predicted molar refractivity (Wildman–Crippen MR) is 131 cm³/mol. The number of hydrogen-bond donors (Lipinski definition) is 1. The van der Waals surface area contributed by atoms with Gasteiger partial charge in [0.1, 0.15) is 24.0 Å². The summed E-state index contributed by atoms with van der Waals surface area (Å²) in [6, 6.07) is 10.1. The maximum atomic E-state index is 15.0. The highest BCUT2D eigenvalue weighted by Gasteiger charge is 2.47. The Hall–Kier alpha value is -4.28. The van der Waals surface area contributed by atoms with E-state index < -0.39 is 65.0 Å². The van der Waals surface area contributed by atoms with E-state index in [1.807, 2.05) is 0 Å². The number of carbonyl (C=O) groups excluding carboxylic acids is 1. The van der Waals surface area contributed by atoms with E-state index in [9.17, 15) is 26.7 Å². The van der Waals surface area contributed by atoms with Crippen molar-refractivity contribution in [1.82, 2.24) is 10.4 Å². The van der Waals surface area contributed by atoms with E-state index >= 15 is 4.39 Å². The lowest BCUT2D eigenvalue weighted by Crippen LogP contribution is -2.47. The second kappa shape index (κ2) is 9.18. The van der Waals surface area contributed by atoms with E-state index in [1.165, 1.54) is 6.07 Å². The van der Waals surface area contributed by atoms with Crippen LogP contribution in [0.25, 0.3) is 22.0 Å². The Bertz CT molecular complexity index is 1640. The van der Waals surface area contributed by atoms with Gasteiger partial charge in [-0.2, -0.15) is 0 Å². The van der Waals surface area contributed by atoms with E-state index in [0.717, 1.165) is 12.3 Å². The Kier molecular flexibility index (Phi) is 5.89. The lowest BCUT2D eigenvalue weighted by molar-refractivity contribution is -0.0865. The number of hydrogen-bond acceptors (Lipinski definition) is 4. The average molecular weight is 543 g/mol.